The standard InChI is InChI=1S/C19H21ClN4O2/c1-4-9-21-16(25)10-23-11-22-18-17(19(23)26)12(2)13(3)24(18)15-7-5-14(20)6-8-15/h5-8,11H,4,9-10H2,1-3H3,(H,21,25). The molecule has 0 bridgehead atoms. The number of hydrogen-bond donors (Lipinski definition) is 1. The van der Waals surface area contributed by atoms with E-state index in [0.717, 1.165) is 23.4 Å². The van der Waals surface area contributed by atoms with Gasteiger partial charge in [0.1, 0.15) is 12.9 Å². The maximum atomic E-state index is 12.9. The van der Waals surface area contributed by atoms with E-state index in [0.29, 0.717) is 22.6 Å². The van der Waals surface area contributed by atoms with Crippen LogP contribution in [0.1, 0.15) is 24.6 Å². The summed E-state index contributed by atoms with van der Waals surface area (Å²) < 4.78 is 3.29. The largest absolute Gasteiger partial charge is 0.355 e. The molecule has 6 nitrogen and oxygen atoms in total. The summed E-state index contributed by atoms with van der Waals surface area (Å²) in [6.45, 7) is 6.38. The first-order valence-corrected chi connectivity index (χ1v) is 8.91. The molecule has 1 N–H and O–H groups in total. The highest BCUT2D eigenvalue weighted by Crippen LogP contribution is 2.25. The molecule has 0 saturated heterocycles. The number of rotatable bonds is 5. The molecule has 0 unspecified atom stereocenters. The molecule has 0 atom stereocenters. The third-order valence-corrected chi connectivity index (χ3v) is 4.71. The molecule has 0 aliphatic heterocycles. The molecule has 26 heavy (non-hydrogen) atoms. The van der Waals surface area contributed by atoms with Gasteiger partial charge in [0, 0.05) is 22.9 Å². The second kappa shape index (κ2) is 7.33. The molecule has 0 fully saturated rings. The molecule has 0 saturated carbocycles. The number of carbonyl (C=O) groups is 1. The Morgan fingerprint density at radius 3 is 2.58 bits per heavy atom. The predicted octanol–water partition coefficient (Wildman–Crippen LogP) is 2.98. The molecule has 2 heterocycles. The summed E-state index contributed by atoms with van der Waals surface area (Å²) in [7, 11) is 0. The maximum absolute atomic E-state index is 12.9. The molecule has 7 heteroatoms. The monoisotopic (exact) mass is 372 g/mol. The van der Waals surface area contributed by atoms with E-state index < -0.39 is 0 Å². The lowest BCUT2D eigenvalue weighted by atomic mass is 10.2. The summed E-state index contributed by atoms with van der Waals surface area (Å²) in [5.74, 6) is -0.193. The minimum Gasteiger partial charge on any atom is -0.355 e. The number of aromatic nitrogens is 3. The lowest BCUT2D eigenvalue weighted by Gasteiger charge is -2.09. The number of carbonyl (C=O) groups excluding carboxylic acids is 1. The molecule has 1 aromatic carbocycles. The van der Waals surface area contributed by atoms with Gasteiger partial charge in [-0.2, -0.15) is 0 Å². The van der Waals surface area contributed by atoms with Crippen molar-refractivity contribution < 1.29 is 4.79 Å². The van der Waals surface area contributed by atoms with Crippen LogP contribution in [0.5, 0.6) is 0 Å². The minimum atomic E-state index is -0.213. The molecule has 3 aromatic rings. The van der Waals surface area contributed by atoms with Gasteiger partial charge in [-0.3, -0.25) is 18.7 Å². The summed E-state index contributed by atoms with van der Waals surface area (Å²) >= 11 is 5.98. The number of aryl methyl sites for hydroxylation is 1. The fourth-order valence-corrected chi connectivity index (χ4v) is 3.11. The zero-order valence-corrected chi connectivity index (χ0v) is 15.8. The average molecular weight is 373 g/mol. The number of amides is 1. The van der Waals surface area contributed by atoms with Crippen LogP contribution in [0, 0.1) is 13.8 Å². The number of hydrogen-bond acceptors (Lipinski definition) is 3. The fourth-order valence-electron chi connectivity index (χ4n) is 2.98. The maximum Gasteiger partial charge on any atom is 0.263 e. The number of benzene rings is 1. The van der Waals surface area contributed by atoms with Crippen molar-refractivity contribution in [3.63, 3.8) is 0 Å². The Hall–Kier alpha value is -2.60. The number of fused-ring (bicyclic) bond motifs is 1. The van der Waals surface area contributed by atoms with Crippen molar-refractivity contribution in [3.8, 4) is 5.69 Å². The summed E-state index contributed by atoms with van der Waals surface area (Å²) in [5, 5.41) is 3.95. The second-order valence-electron chi connectivity index (χ2n) is 6.25. The van der Waals surface area contributed by atoms with E-state index in [1.54, 1.807) is 12.1 Å². The Morgan fingerprint density at radius 2 is 1.92 bits per heavy atom. The van der Waals surface area contributed by atoms with Gasteiger partial charge >= 0.3 is 0 Å². The number of halogens is 1. The molecule has 0 aliphatic rings. The van der Waals surface area contributed by atoms with Crippen molar-refractivity contribution in [2.24, 2.45) is 0 Å². The van der Waals surface area contributed by atoms with Crippen LogP contribution in [0.3, 0.4) is 0 Å². The first-order chi connectivity index (χ1) is 12.4. The van der Waals surface area contributed by atoms with Gasteiger partial charge in [0.2, 0.25) is 5.91 Å². The quantitative estimate of drug-likeness (QED) is 0.748. The van der Waals surface area contributed by atoms with Crippen molar-refractivity contribution >= 4 is 28.5 Å². The highest BCUT2D eigenvalue weighted by molar-refractivity contribution is 6.30. The minimum absolute atomic E-state index is 0.0353. The Balaban J connectivity index is 2.10. The number of nitrogens with one attached hydrogen (secondary N) is 1. The molecule has 0 spiro atoms. The van der Waals surface area contributed by atoms with E-state index >= 15 is 0 Å². The molecule has 2 aromatic heterocycles. The van der Waals surface area contributed by atoms with Crippen LogP contribution in [0.2, 0.25) is 5.02 Å². The smallest absolute Gasteiger partial charge is 0.263 e. The Kier molecular flexibility index (Phi) is 5.13. The van der Waals surface area contributed by atoms with E-state index in [4.69, 9.17) is 11.6 Å². The van der Waals surface area contributed by atoms with E-state index in [1.807, 2.05) is 37.5 Å². The molecular weight excluding hydrogens is 352 g/mol. The van der Waals surface area contributed by atoms with Gasteiger partial charge in [0.05, 0.1) is 5.39 Å². The predicted molar refractivity (Wildman–Crippen MR) is 103 cm³/mol. The van der Waals surface area contributed by atoms with Crippen LogP contribution < -0.4 is 10.9 Å². The van der Waals surface area contributed by atoms with Crippen LogP contribution in [0.15, 0.2) is 35.4 Å². The highest BCUT2D eigenvalue weighted by Gasteiger charge is 2.18. The number of nitrogens with zero attached hydrogens (tertiary/aromatic N) is 3. The van der Waals surface area contributed by atoms with Crippen LogP contribution in [-0.4, -0.2) is 26.6 Å². The van der Waals surface area contributed by atoms with Crippen molar-refractivity contribution in [1.29, 1.82) is 0 Å². The van der Waals surface area contributed by atoms with E-state index in [1.165, 1.54) is 10.9 Å². The normalized spacial score (nSPS) is 11.1. The van der Waals surface area contributed by atoms with E-state index in [9.17, 15) is 9.59 Å². The second-order valence-corrected chi connectivity index (χ2v) is 6.68. The SMILES string of the molecule is CCCNC(=O)Cn1cnc2c(c(C)c(C)n2-c2ccc(Cl)cc2)c1=O. The molecule has 136 valence electrons. The van der Waals surface area contributed by atoms with Gasteiger partial charge in [-0.05, 0) is 50.1 Å². The van der Waals surface area contributed by atoms with E-state index in [-0.39, 0.29) is 18.0 Å². The Bertz CT molecular complexity index is 1020. The zero-order valence-electron chi connectivity index (χ0n) is 15.0. The molecule has 0 aliphatic carbocycles. The molecular formula is C19H21ClN4O2. The topological polar surface area (TPSA) is 68.9 Å². The van der Waals surface area contributed by atoms with Crippen LogP contribution in [0.4, 0.5) is 0 Å². The highest BCUT2D eigenvalue weighted by atomic mass is 35.5. The first kappa shape index (κ1) is 18.2. The zero-order chi connectivity index (χ0) is 18.8. The van der Waals surface area contributed by atoms with E-state index in [2.05, 4.69) is 10.3 Å². The van der Waals surface area contributed by atoms with Crippen molar-refractivity contribution in [2.75, 3.05) is 6.54 Å². The van der Waals surface area contributed by atoms with Gasteiger partial charge in [-0.25, -0.2) is 4.98 Å². The molecule has 1 amide bonds. The summed E-state index contributed by atoms with van der Waals surface area (Å²) in [6, 6.07) is 7.38. The van der Waals surface area contributed by atoms with Gasteiger partial charge in [-0.1, -0.05) is 18.5 Å². The lowest BCUT2D eigenvalue weighted by molar-refractivity contribution is -0.121. The Labute approximate surface area is 156 Å². The van der Waals surface area contributed by atoms with Gasteiger partial charge in [-0.15, -0.1) is 0 Å². The Morgan fingerprint density at radius 1 is 1.23 bits per heavy atom. The van der Waals surface area contributed by atoms with Gasteiger partial charge in [0.25, 0.3) is 5.56 Å². The van der Waals surface area contributed by atoms with Crippen LogP contribution >= 0.6 is 11.6 Å². The molecule has 3 rings (SSSR count). The van der Waals surface area contributed by atoms with Crippen LogP contribution in [-0.2, 0) is 11.3 Å². The van der Waals surface area contributed by atoms with Gasteiger partial charge in [0.15, 0.2) is 5.65 Å². The average Bonchev–Trinajstić information content (AvgIpc) is 2.88. The summed E-state index contributed by atoms with van der Waals surface area (Å²) in [5.41, 5.74) is 3.04. The van der Waals surface area contributed by atoms with Crippen molar-refractivity contribution in [1.82, 2.24) is 19.4 Å². The summed E-state index contributed by atoms with van der Waals surface area (Å²) in [4.78, 5) is 29.3. The summed E-state index contributed by atoms with van der Waals surface area (Å²) in [6.07, 6.45) is 2.28. The third kappa shape index (κ3) is 3.24. The lowest BCUT2D eigenvalue weighted by Crippen LogP contribution is -2.32. The van der Waals surface area contributed by atoms with Crippen LogP contribution in [0.25, 0.3) is 16.7 Å². The van der Waals surface area contributed by atoms with Crippen molar-refractivity contribution in [3.05, 3.63) is 57.2 Å². The molecule has 0 radical (unpaired) electrons. The van der Waals surface area contributed by atoms with Crippen molar-refractivity contribution in [2.45, 2.75) is 33.7 Å². The van der Waals surface area contributed by atoms with Gasteiger partial charge < -0.3 is 5.32 Å². The third-order valence-electron chi connectivity index (χ3n) is 4.45. The fraction of sp³-hybridized carbons (Fsp3) is 0.316. The first-order valence-electron chi connectivity index (χ1n) is 8.53.